The lowest BCUT2D eigenvalue weighted by Gasteiger charge is -2.28. The minimum absolute atomic E-state index is 0.130. The Labute approximate surface area is 189 Å². The van der Waals surface area contributed by atoms with Crippen LogP contribution in [-0.2, 0) is 17.3 Å². The van der Waals surface area contributed by atoms with Gasteiger partial charge in [-0.1, -0.05) is 71.9 Å². The Hall–Kier alpha value is -3.34. The van der Waals surface area contributed by atoms with Gasteiger partial charge in [-0.15, -0.1) is 15.0 Å². The van der Waals surface area contributed by atoms with E-state index in [9.17, 15) is 10.2 Å². The summed E-state index contributed by atoms with van der Waals surface area (Å²) in [6, 6.07) is 17.4. The summed E-state index contributed by atoms with van der Waals surface area (Å²) in [5.41, 5.74) is 5.78. The summed E-state index contributed by atoms with van der Waals surface area (Å²) in [7, 11) is 0. The Bertz CT molecular complexity index is 1220. The fraction of sp³-hybridized carbons (Fsp3) is 0.333. The number of rotatable bonds is 3. The van der Waals surface area contributed by atoms with Crippen molar-refractivity contribution in [1.29, 1.82) is 0 Å². The van der Waals surface area contributed by atoms with Gasteiger partial charge in [0.05, 0.1) is 0 Å². The molecule has 0 atom stereocenters. The van der Waals surface area contributed by atoms with E-state index in [2.05, 4.69) is 63.9 Å². The maximum atomic E-state index is 11.0. The molecule has 3 aromatic carbocycles. The first-order valence-corrected chi connectivity index (χ1v) is 10.9. The number of benzene rings is 3. The number of phenolic OH excluding ortho intramolecular Hbond substituents is 2. The van der Waals surface area contributed by atoms with Gasteiger partial charge >= 0.3 is 0 Å². The molecule has 166 valence electrons. The van der Waals surface area contributed by atoms with Crippen LogP contribution >= 0.6 is 0 Å². The van der Waals surface area contributed by atoms with Crippen LogP contribution in [0.25, 0.3) is 16.7 Å². The van der Waals surface area contributed by atoms with Gasteiger partial charge in [-0.3, -0.25) is 0 Å². The predicted octanol–water partition coefficient (Wildman–Crippen LogP) is 6.02. The van der Waals surface area contributed by atoms with Crippen molar-refractivity contribution in [3.8, 4) is 17.2 Å². The van der Waals surface area contributed by atoms with Crippen molar-refractivity contribution in [2.45, 2.75) is 58.8 Å². The van der Waals surface area contributed by atoms with Gasteiger partial charge in [-0.2, -0.15) is 0 Å². The van der Waals surface area contributed by atoms with Gasteiger partial charge in [0.2, 0.25) is 0 Å². The van der Waals surface area contributed by atoms with Crippen LogP contribution in [0.5, 0.6) is 11.5 Å². The van der Waals surface area contributed by atoms with Gasteiger partial charge in [0.15, 0.2) is 0 Å². The molecular weight excluding hydrogens is 398 g/mol. The lowest BCUT2D eigenvalue weighted by atomic mass is 9.78. The molecule has 0 unspecified atom stereocenters. The molecule has 4 rings (SSSR count). The molecule has 1 aromatic heterocycles. The van der Waals surface area contributed by atoms with Crippen LogP contribution in [0.4, 0.5) is 0 Å². The molecule has 0 fully saturated rings. The zero-order valence-corrected chi connectivity index (χ0v) is 19.6. The molecule has 0 amide bonds. The lowest BCUT2D eigenvalue weighted by molar-refractivity contribution is 0.423. The van der Waals surface area contributed by atoms with Crippen molar-refractivity contribution in [3.05, 3.63) is 76.9 Å². The minimum atomic E-state index is -0.181. The molecule has 5 nitrogen and oxygen atoms in total. The molecule has 1 heterocycles. The van der Waals surface area contributed by atoms with Crippen LogP contribution < -0.4 is 0 Å². The molecular formula is C27H31N3O2. The Balaban J connectivity index is 1.77. The van der Waals surface area contributed by atoms with Gasteiger partial charge in [-0.25, -0.2) is 0 Å². The molecule has 0 aliphatic rings. The lowest BCUT2D eigenvalue weighted by Crippen LogP contribution is -2.18. The quantitative estimate of drug-likeness (QED) is 0.418. The van der Waals surface area contributed by atoms with E-state index in [-0.39, 0.29) is 16.6 Å². The normalized spacial score (nSPS) is 12.4. The number of hydrogen-bond donors (Lipinski definition) is 2. The van der Waals surface area contributed by atoms with E-state index in [1.54, 1.807) is 6.07 Å². The zero-order chi connectivity index (χ0) is 23.3. The van der Waals surface area contributed by atoms with E-state index < -0.39 is 0 Å². The van der Waals surface area contributed by atoms with E-state index in [0.29, 0.717) is 17.9 Å². The highest BCUT2D eigenvalue weighted by molar-refractivity contribution is 5.73. The van der Waals surface area contributed by atoms with E-state index >= 15 is 0 Å². The highest BCUT2D eigenvalue weighted by Crippen LogP contribution is 2.40. The number of aromatic nitrogens is 3. The zero-order valence-electron chi connectivity index (χ0n) is 19.6. The summed E-state index contributed by atoms with van der Waals surface area (Å²) < 4.78 is 0. The monoisotopic (exact) mass is 429 g/mol. The fourth-order valence-corrected chi connectivity index (χ4v) is 3.98. The average molecular weight is 430 g/mol. The second-order valence-corrected chi connectivity index (χ2v) is 10.5. The first-order valence-electron chi connectivity index (χ1n) is 10.9. The summed E-state index contributed by atoms with van der Waals surface area (Å²) in [6.45, 7) is 12.7. The summed E-state index contributed by atoms with van der Waals surface area (Å²) in [5.74, 6) is 0.512. The van der Waals surface area contributed by atoms with E-state index in [0.717, 1.165) is 33.3 Å². The molecule has 32 heavy (non-hydrogen) atoms. The van der Waals surface area contributed by atoms with Crippen molar-refractivity contribution < 1.29 is 10.2 Å². The Morgan fingerprint density at radius 2 is 1.25 bits per heavy atom. The first-order chi connectivity index (χ1) is 14.9. The standard InChI is InChI=1S/C27H31N3O2/c1-26(2,3)19-14-18(15-20(25(19)32)27(4,5)6)13-17-11-12-24(31)23(16-17)30-28-21-9-7-8-10-22(21)29-30/h7-12,14-16,31-32H,13H2,1-6H3. The highest BCUT2D eigenvalue weighted by atomic mass is 16.3. The summed E-state index contributed by atoms with van der Waals surface area (Å²) >= 11 is 0. The Morgan fingerprint density at radius 3 is 1.75 bits per heavy atom. The van der Waals surface area contributed by atoms with Crippen LogP contribution in [0, 0.1) is 0 Å². The van der Waals surface area contributed by atoms with E-state index in [4.69, 9.17) is 0 Å². The predicted molar refractivity (Wildman–Crippen MR) is 129 cm³/mol. The molecule has 0 saturated carbocycles. The minimum Gasteiger partial charge on any atom is -0.507 e. The van der Waals surface area contributed by atoms with Crippen molar-refractivity contribution in [3.63, 3.8) is 0 Å². The fourth-order valence-electron chi connectivity index (χ4n) is 3.98. The first kappa shape index (κ1) is 21.9. The molecule has 0 aliphatic carbocycles. The molecule has 4 aromatic rings. The molecule has 0 saturated heterocycles. The third kappa shape index (κ3) is 4.20. The molecule has 5 heteroatoms. The summed E-state index contributed by atoms with van der Waals surface area (Å²) in [4.78, 5) is 1.49. The maximum Gasteiger partial charge on any atom is 0.143 e. The SMILES string of the molecule is CC(C)(C)c1cc(Cc2ccc(O)c(-n3nc4ccccc4n3)c2)cc(C(C)(C)C)c1O. The number of nitrogens with zero attached hydrogens (tertiary/aromatic N) is 3. The smallest absolute Gasteiger partial charge is 0.143 e. The number of aromatic hydroxyl groups is 2. The van der Waals surface area contributed by atoms with Crippen LogP contribution in [-0.4, -0.2) is 25.2 Å². The second kappa shape index (κ2) is 7.66. The second-order valence-electron chi connectivity index (χ2n) is 10.5. The third-order valence-electron chi connectivity index (χ3n) is 5.74. The number of fused-ring (bicyclic) bond motifs is 1. The number of hydrogen-bond acceptors (Lipinski definition) is 4. The molecule has 0 aliphatic heterocycles. The van der Waals surface area contributed by atoms with Gasteiger partial charge in [0.1, 0.15) is 28.2 Å². The largest absolute Gasteiger partial charge is 0.507 e. The van der Waals surface area contributed by atoms with Gasteiger partial charge in [0.25, 0.3) is 0 Å². The molecule has 2 N–H and O–H groups in total. The van der Waals surface area contributed by atoms with Crippen LogP contribution in [0.2, 0.25) is 0 Å². The van der Waals surface area contributed by atoms with Crippen LogP contribution in [0.1, 0.15) is 63.8 Å². The van der Waals surface area contributed by atoms with E-state index in [1.165, 1.54) is 4.80 Å². The maximum absolute atomic E-state index is 11.0. The topological polar surface area (TPSA) is 71.2 Å². The Morgan fingerprint density at radius 1 is 0.719 bits per heavy atom. The van der Waals surface area contributed by atoms with Crippen molar-refractivity contribution >= 4 is 11.0 Å². The molecule has 0 bridgehead atoms. The van der Waals surface area contributed by atoms with Crippen molar-refractivity contribution in [1.82, 2.24) is 15.0 Å². The Kier molecular flexibility index (Phi) is 5.24. The summed E-state index contributed by atoms with van der Waals surface area (Å²) in [5, 5.41) is 30.5. The summed E-state index contributed by atoms with van der Waals surface area (Å²) in [6.07, 6.45) is 0.667. The highest BCUT2D eigenvalue weighted by Gasteiger charge is 2.26. The average Bonchev–Trinajstić information content (AvgIpc) is 3.13. The van der Waals surface area contributed by atoms with Gasteiger partial charge < -0.3 is 10.2 Å². The van der Waals surface area contributed by atoms with Gasteiger partial charge in [0, 0.05) is 0 Å². The van der Waals surface area contributed by atoms with Crippen LogP contribution in [0.3, 0.4) is 0 Å². The number of phenols is 2. The van der Waals surface area contributed by atoms with Crippen molar-refractivity contribution in [2.75, 3.05) is 0 Å². The van der Waals surface area contributed by atoms with E-state index in [1.807, 2.05) is 36.4 Å². The van der Waals surface area contributed by atoms with Crippen molar-refractivity contribution in [2.24, 2.45) is 0 Å². The molecule has 0 spiro atoms. The van der Waals surface area contributed by atoms with Crippen LogP contribution in [0.15, 0.2) is 54.6 Å². The molecule has 0 radical (unpaired) electrons. The van der Waals surface area contributed by atoms with Gasteiger partial charge in [-0.05, 0) is 63.8 Å². The third-order valence-corrected chi connectivity index (χ3v) is 5.74.